The van der Waals surface area contributed by atoms with Crippen LogP contribution in [-0.2, 0) is 9.57 Å². The van der Waals surface area contributed by atoms with Gasteiger partial charge in [-0.1, -0.05) is 18.5 Å². The summed E-state index contributed by atoms with van der Waals surface area (Å²) in [7, 11) is 0. The summed E-state index contributed by atoms with van der Waals surface area (Å²) in [6.07, 6.45) is 4.93. The van der Waals surface area contributed by atoms with Gasteiger partial charge in [-0.15, -0.1) is 0 Å². The van der Waals surface area contributed by atoms with E-state index in [9.17, 15) is 9.59 Å². The second kappa shape index (κ2) is 8.68. The number of aromatic nitrogens is 1. The molecule has 3 aliphatic rings. The normalized spacial score (nSPS) is 27.9. The van der Waals surface area contributed by atoms with Crippen LogP contribution in [0.15, 0.2) is 10.6 Å². The summed E-state index contributed by atoms with van der Waals surface area (Å²) in [5, 5.41) is 8.75. The molecule has 9 heteroatoms. The van der Waals surface area contributed by atoms with Gasteiger partial charge in [0, 0.05) is 24.6 Å². The number of rotatable bonds is 7. The van der Waals surface area contributed by atoms with E-state index < -0.39 is 5.60 Å². The SMILES string of the molecule is CCCCON1C(=O)N2C[C@@H]1CC[C@H]2c1cc([C@H]2C[C@@H](NC(=O)OC(C)(C)C)C2)on1. The molecule has 1 aromatic rings. The minimum absolute atomic E-state index is 0.0709. The molecule has 2 aliphatic heterocycles. The van der Waals surface area contributed by atoms with Gasteiger partial charge in [-0.05, 0) is 52.9 Å². The van der Waals surface area contributed by atoms with Crippen LogP contribution in [0.2, 0.25) is 0 Å². The van der Waals surface area contributed by atoms with Crippen molar-refractivity contribution < 1.29 is 23.7 Å². The van der Waals surface area contributed by atoms with E-state index in [4.69, 9.17) is 14.1 Å². The number of hydrogen-bond acceptors (Lipinski definition) is 6. The lowest BCUT2D eigenvalue weighted by molar-refractivity contribution is -0.130. The molecule has 3 amide bonds. The zero-order valence-electron chi connectivity index (χ0n) is 18.9. The quantitative estimate of drug-likeness (QED) is 0.649. The third-order valence-electron chi connectivity index (χ3n) is 6.20. The monoisotopic (exact) mass is 434 g/mol. The maximum Gasteiger partial charge on any atom is 0.407 e. The molecule has 0 radical (unpaired) electrons. The molecular weight excluding hydrogens is 400 g/mol. The highest BCUT2D eigenvalue weighted by molar-refractivity contribution is 5.77. The first-order valence-corrected chi connectivity index (χ1v) is 11.4. The van der Waals surface area contributed by atoms with E-state index in [2.05, 4.69) is 17.4 Å². The molecule has 9 nitrogen and oxygen atoms in total. The first-order valence-electron chi connectivity index (χ1n) is 11.4. The van der Waals surface area contributed by atoms with Gasteiger partial charge in [0.1, 0.15) is 17.1 Å². The Kier molecular flexibility index (Phi) is 6.14. The van der Waals surface area contributed by atoms with Gasteiger partial charge in [0.25, 0.3) is 0 Å². The first-order chi connectivity index (χ1) is 14.7. The largest absolute Gasteiger partial charge is 0.444 e. The molecule has 31 heavy (non-hydrogen) atoms. The summed E-state index contributed by atoms with van der Waals surface area (Å²) in [5.74, 6) is 1.04. The summed E-state index contributed by atoms with van der Waals surface area (Å²) >= 11 is 0. The molecule has 4 rings (SSSR count). The fraction of sp³-hybridized carbons (Fsp3) is 0.773. The number of nitrogens with zero attached hydrogens (tertiary/aromatic N) is 3. The van der Waals surface area contributed by atoms with Crippen LogP contribution < -0.4 is 5.32 Å². The van der Waals surface area contributed by atoms with Crippen LogP contribution >= 0.6 is 0 Å². The molecule has 1 aliphatic carbocycles. The van der Waals surface area contributed by atoms with Crippen molar-refractivity contribution in [3.8, 4) is 0 Å². The van der Waals surface area contributed by atoms with Gasteiger partial charge >= 0.3 is 12.1 Å². The van der Waals surface area contributed by atoms with Crippen molar-refractivity contribution in [3.05, 3.63) is 17.5 Å². The van der Waals surface area contributed by atoms with Crippen LogP contribution in [0, 0.1) is 0 Å². The van der Waals surface area contributed by atoms with Crippen molar-refractivity contribution in [3.63, 3.8) is 0 Å². The van der Waals surface area contributed by atoms with Crippen molar-refractivity contribution in [2.75, 3.05) is 13.2 Å². The van der Waals surface area contributed by atoms with Gasteiger partial charge in [-0.2, -0.15) is 5.06 Å². The second-order valence-corrected chi connectivity index (χ2v) is 9.86. The van der Waals surface area contributed by atoms with E-state index in [1.54, 1.807) is 5.06 Å². The molecule has 1 saturated carbocycles. The predicted molar refractivity (Wildman–Crippen MR) is 112 cm³/mol. The molecule has 0 spiro atoms. The number of amides is 3. The van der Waals surface area contributed by atoms with E-state index in [0.717, 1.165) is 50.0 Å². The average molecular weight is 435 g/mol. The Bertz CT molecular complexity index is 798. The molecule has 2 saturated heterocycles. The van der Waals surface area contributed by atoms with Crippen LogP contribution in [0.25, 0.3) is 0 Å². The maximum absolute atomic E-state index is 12.8. The lowest BCUT2D eigenvalue weighted by Gasteiger charge is -2.34. The highest BCUT2D eigenvalue weighted by Gasteiger charge is 2.47. The highest BCUT2D eigenvalue weighted by Crippen LogP contribution is 2.41. The van der Waals surface area contributed by atoms with Crippen LogP contribution in [0.1, 0.15) is 89.6 Å². The zero-order valence-corrected chi connectivity index (χ0v) is 18.9. The van der Waals surface area contributed by atoms with Gasteiger partial charge < -0.3 is 19.5 Å². The predicted octanol–water partition coefficient (Wildman–Crippen LogP) is 4.12. The number of unbranched alkanes of at least 4 members (excludes halogenated alkanes) is 1. The molecule has 1 N–H and O–H groups in total. The second-order valence-electron chi connectivity index (χ2n) is 9.86. The number of ether oxygens (including phenoxy) is 1. The standard InChI is InChI=1S/C22H34N4O5/c1-5-6-9-29-26-16-7-8-18(25(13-16)21(26)28)17-12-19(31-24-17)14-10-15(11-14)23-20(27)30-22(2,3)4/h12,14-16,18H,5-11,13H2,1-4H3,(H,23,27)/t14-,15+,16-,18-/m0/s1. The van der Waals surface area contributed by atoms with E-state index in [0.29, 0.717) is 13.2 Å². The fourth-order valence-electron chi connectivity index (χ4n) is 4.51. The number of carbonyl (C=O) groups is 2. The van der Waals surface area contributed by atoms with Gasteiger partial charge in [0.05, 0.1) is 18.7 Å². The Morgan fingerprint density at radius 2 is 2.10 bits per heavy atom. The van der Waals surface area contributed by atoms with Gasteiger partial charge in [0.2, 0.25) is 0 Å². The Balaban J connectivity index is 1.30. The van der Waals surface area contributed by atoms with Crippen molar-refractivity contribution in [1.82, 2.24) is 20.4 Å². The molecule has 0 aromatic carbocycles. The van der Waals surface area contributed by atoms with Crippen molar-refractivity contribution in [2.45, 2.75) is 95.9 Å². The lowest BCUT2D eigenvalue weighted by atomic mass is 9.78. The topological polar surface area (TPSA) is 97.1 Å². The fourth-order valence-corrected chi connectivity index (χ4v) is 4.51. The van der Waals surface area contributed by atoms with Gasteiger partial charge in [0.15, 0.2) is 0 Å². The number of piperidine rings is 1. The van der Waals surface area contributed by atoms with Crippen molar-refractivity contribution in [1.29, 1.82) is 0 Å². The number of fused-ring (bicyclic) bond motifs is 2. The van der Waals surface area contributed by atoms with E-state index in [-0.39, 0.29) is 36.2 Å². The molecule has 2 bridgehead atoms. The van der Waals surface area contributed by atoms with E-state index in [1.165, 1.54) is 0 Å². The van der Waals surface area contributed by atoms with Crippen molar-refractivity contribution in [2.24, 2.45) is 0 Å². The number of carbonyl (C=O) groups excluding carboxylic acids is 2. The lowest BCUT2D eigenvalue weighted by Crippen LogP contribution is -2.45. The minimum Gasteiger partial charge on any atom is -0.444 e. The molecule has 3 fully saturated rings. The van der Waals surface area contributed by atoms with Crippen molar-refractivity contribution >= 4 is 12.1 Å². The zero-order chi connectivity index (χ0) is 22.2. The molecule has 3 heterocycles. The number of urea groups is 1. The minimum atomic E-state index is -0.504. The Labute approximate surface area is 183 Å². The van der Waals surface area contributed by atoms with Gasteiger partial charge in [-0.3, -0.25) is 4.84 Å². The summed E-state index contributed by atoms with van der Waals surface area (Å²) < 4.78 is 10.9. The average Bonchev–Trinajstić information content (AvgIpc) is 3.23. The Morgan fingerprint density at radius 1 is 1.32 bits per heavy atom. The summed E-state index contributed by atoms with van der Waals surface area (Å²) in [4.78, 5) is 32.3. The molecule has 2 atom stereocenters. The van der Waals surface area contributed by atoms with E-state index in [1.807, 2.05) is 31.7 Å². The molecule has 172 valence electrons. The molecular formula is C22H34N4O5. The Hall–Kier alpha value is -2.29. The summed E-state index contributed by atoms with van der Waals surface area (Å²) in [6.45, 7) is 8.89. The number of alkyl carbamates (subject to hydrolysis) is 1. The number of hydrogen-bond donors (Lipinski definition) is 1. The smallest absolute Gasteiger partial charge is 0.407 e. The summed E-state index contributed by atoms with van der Waals surface area (Å²) in [6, 6.07) is 2.04. The third-order valence-corrected chi connectivity index (χ3v) is 6.20. The molecule has 1 aromatic heterocycles. The third kappa shape index (κ3) is 4.81. The van der Waals surface area contributed by atoms with Crippen LogP contribution in [0.4, 0.5) is 9.59 Å². The maximum atomic E-state index is 12.8. The van der Waals surface area contributed by atoms with Crippen LogP contribution in [0.3, 0.4) is 0 Å². The Morgan fingerprint density at radius 3 is 2.81 bits per heavy atom. The first kappa shape index (κ1) is 21.9. The number of nitrogens with one attached hydrogen (secondary N) is 1. The van der Waals surface area contributed by atoms with E-state index >= 15 is 0 Å². The number of hydroxylamine groups is 2. The highest BCUT2D eigenvalue weighted by atomic mass is 16.7. The molecule has 0 unspecified atom stereocenters. The van der Waals surface area contributed by atoms with Crippen LogP contribution in [0.5, 0.6) is 0 Å². The van der Waals surface area contributed by atoms with Gasteiger partial charge in [-0.25, -0.2) is 9.59 Å². The summed E-state index contributed by atoms with van der Waals surface area (Å²) in [5.41, 5.74) is 0.302. The van der Waals surface area contributed by atoms with Crippen LogP contribution in [-0.4, -0.2) is 58.1 Å².